The number of fused-ring (bicyclic) bond motifs is 1. The quantitative estimate of drug-likeness (QED) is 0.809. The second-order valence-electron chi connectivity index (χ2n) is 4.20. The molecule has 0 bridgehead atoms. The number of nitrogens with zero attached hydrogens (tertiary/aromatic N) is 2. The average Bonchev–Trinajstić information content (AvgIpc) is 2.96. The summed E-state index contributed by atoms with van der Waals surface area (Å²) in [6.45, 7) is 1.95. The monoisotopic (exact) mass is 258 g/mol. The van der Waals surface area contributed by atoms with E-state index in [9.17, 15) is 9.18 Å². The SMILES string of the molecule is CCc1nc(C=C2C(=O)Nc3ccc(F)cc32)n[nH]1. The molecule has 3 rings (SSSR count). The minimum Gasteiger partial charge on any atom is -0.321 e. The van der Waals surface area contributed by atoms with Crippen LogP contribution in [0, 0.1) is 5.82 Å². The number of carbonyl (C=O) groups excluding carboxylic acids is 1. The van der Waals surface area contributed by atoms with Crippen LogP contribution in [-0.2, 0) is 11.2 Å². The van der Waals surface area contributed by atoms with Gasteiger partial charge in [-0.1, -0.05) is 6.92 Å². The van der Waals surface area contributed by atoms with Crippen molar-refractivity contribution in [2.24, 2.45) is 0 Å². The van der Waals surface area contributed by atoms with Gasteiger partial charge in [-0.15, -0.1) is 0 Å². The van der Waals surface area contributed by atoms with Crippen LogP contribution in [0.3, 0.4) is 0 Å². The summed E-state index contributed by atoms with van der Waals surface area (Å²) in [7, 11) is 0. The van der Waals surface area contributed by atoms with Gasteiger partial charge < -0.3 is 5.32 Å². The Balaban J connectivity index is 2.06. The number of hydrogen-bond acceptors (Lipinski definition) is 3. The number of carbonyl (C=O) groups is 1. The first-order valence-corrected chi connectivity index (χ1v) is 5.91. The molecule has 0 aliphatic carbocycles. The van der Waals surface area contributed by atoms with Crippen molar-refractivity contribution in [2.45, 2.75) is 13.3 Å². The van der Waals surface area contributed by atoms with Crippen LogP contribution in [0.1, 0.15) is 24.1 Å². The summed E-state index contributed by atoms with van der Waals surface area (Å²) in [6.07, 6.45) is 2.28. The van der Waals surface area contributed by atoms with Gasteiger partial charge in [-0.25, -0.2) is 9.37 Å². The molecule has 19 heavy (non-hydrogen) atoms. The van der Waals surface area contributed by atoms with Gasteiger partial charge in [-0.3, -0.25) is 9.89 Å². The van der Waals surface area contributed by atoms with E-state index in [1.165, 1.54) is 12.1 Å². The number of benzene rings is 1. The van der Waals surface area contributed by atoms with Crippen molar-refractivity contribution in [1.82, 2.24) is 15.2 Å². The van der Waals surface area contributed by atoms with Crippen LogP contribution in [0.2, 0.25) is 0 Å². The number of anilines is 1. The van der Waals surface area contributed by atoms with Crippen molar-refractivity contribution in [3.8, 4) is 0 Å². The van der Waals surface area contributed by atoms with E-state index in [2.05, 4.69) is 20.5 Å². The Labute approximate surface area is 108 Å². The van der Waals surface area contributed by atoms with Crippen LogP contribution in [0.5, 0.6) is 0 Å². The zero-order valence-corrected chi connectivity index (χ0v) is 10.2. The summed E-state index contributed by atoms with van der Waals surface area (Å²) < 4.78 is 13.3. The molecule has 2 heterocycles. The highest BCUT2D eigenvalue weighted by Gasteiger charge is 2.24. The number of aryl methyl sites for hydroxylation is 1. The van der Waals surface area contributed by atoms with E-state index in [0.717, 1.165) is 12.2 Å². The molecule has 2 aromatic rings. The van der Waals surface area contributed by atoms with Gasteiger partial charge in [-0.2, -0.15) is 5.10 Å². The number of amides is 1. The van der Waals surface area contributed by atoms with Crippen LogP contribution in [-0.4, -0.2) is 21.1 Å². The largest absolute Gasteiger partial charge is 0.321 e. The van der Waals surface area contributed by atoms with Crippen molar-refractivity contribution in [2.75, 3.05) is 5.32 Å². The molecule has 1 aliphatic rings. The van der Waals surface area contributed by atoms with Crippen molar-refractivity contribution in [3.05, 3.63) is 41.2 Å². The van der Waals surface area contributed by atoms with E-state index in [-0.39, 0.29) is 11.7 Å². The molecular weight excluding hydrogens is 247 g/mol. The summed E-state index contributed by atoms with van der Waals surface area (Å²) in [5, 5.41) is 9.44. The fourth-order valence-corrected chi connectivity index (χ4v) is 1.97. The van der Waals surface area contributed by atoms with Gasteiger partial charge in [-0.05, 0) is 24.3 Å². The smallest absolute Gasteiger partial charge is 0.256 e. The number of aromatic nitrogens is 3. The molecule has 0 saturated carbocycles. The van der Waals surface area contributed by atoms with Gasteiger partial charge in [0.1, 0.15) is 11.6 Å². The molecule has 1 amide bonds. The average molecular weight is 258 g/mol. The molecule has 0 radical (unpaired) electrons. The molecule has 1 aliphatic heterocycles. The van der Waals surface area contributed by atoms with Gasteiger partial charge >= 0.3 is 0 Å². The van der Waals surface area contributed by atoms with E-state index >= 15 is 0 Å². The first-order chi connectivity index (χ1) is 9.17. The van der Waals surface area contributed by atoms with Gasteiger partial charge in [0.2, 0.25) is 0 Å². The van der Waals surface area contributed by atoms with Crippen LogP contribution >= 0.6 is 0 Å². The van der Waals surface area contributed by atoms with E-state index in [1.54, 1.807) is 12.1 Å². The zero-order chi connectivity index (χ0) is 13.4. The normalized spacial score (nSPS) is 15.7. The van der Waals surface area contributed by atoms with Crippen molar-refractivity contribution in [3.63, 3.8) is 0 Å². The predicted molar refractivity (Wildman–Crippen MR) is 68.7 cm³/mol. The Bertz CT molecular complexity index is 690. The Morgan fingerprint density at radius 3 is 3.00 bits per heavy atom. The fraction of sp³-hybridized carbons (Fsp3) is 0.154. The number of nitrogens with one attached hydrogen (secondary N) is 2. The highest BCUT2D eigenvalue weighted by molar-refractivity contribution is 6.34. The topological polar surface area (TPSA) is 70.7 Å². The summed E-state index contributed by atoms with van der Waals surface area (Å²) in [6, 6.07) is 4.18. The number of rotatable bonds is 2. The van der Waals surface area contributed by atoms with E-state index in [4.69, 9.17) is 0 Å². The Kier molecular flexibility index (Phi) is 2.63. The van der Waals surface area contributed by atoms with Crippen LogP contribution < -0.4 is 5.32 Å². The van der Waals surface area contributed by atoms with Crippen molar-refractivity contribution < 1.29 is 9.18 Å². The second kappa shape index (κ2) is 4.31. The molecule has 1 aromatic heterocycles. The molecule has 0 unspecified atom stereocenters. The summed E-state index contributed by atoms with van der Waals surface area (Å²) >= 11 is 0. The van der Waals surface area contributed by atoms with Gasteiger partial charge in [0.25, 0.3) is 5.91 Å². The van der Waals surface area contributed by atoms with Crippen LogP contribution in [0.25, 0.3) is 11.6 Å². The maximum absolute atomic E-state index is 13.3. The minimum atomic E-state index is -0.384. The molecule has 0 fully saturated rings. The van der Waals surface area contributed by atoms with Gasteiger partial charge in [0.15, 0.2) is 5.82 Å². The summed E-state index contributed by atoms with van der Waals surface area (Å²) in [5.41, 5.74) is 1.51. The summed E-state index contributed by atoms with van der Waals surface area (Å²) in [4.78, 5) is 16.1. The molecule has 0 spiro atoms. The molecule has 0 saturated heterocycles. The van der Waals surface area contributed by atoms with Crippen LogP contribution in [0.15, 0.2) is 18.2 Å². The van der Waals surface area contributed by atoms with Crippen molar-refractivity contribution >= 4 is 23.2 Å². The van der Waals surface area contributed by atoms with Crippen molar-refractivity contribution in [1.29, 1.82) is 0 Å². The highest BCUT2D eigenvalue weighted by atomic mass is 19.1. The lowest BCUT2D eigenvalue weighted by Gasteiger charge is -1.97. The first-order valence-electron chi connectivity index (χ1n) is 5.91. The third-order valence-electron chi connectivity index (χ3n) is 2.92. The molecule has 6 heteroatoms. The molecular formula is C13H11FN4O. The number of H-pyrrole nitrogens is 1. The Morgan fingerprint density at radius 2 is 2.26 bits per heavy atom. The molecule has 0 atom stereocenters. The Morgan fingerprint density at radius 1 is 1.42 bits per heavy atom. The maximum Gasteiger partial charge on any atom is 0.256 e. The number of halogens is 1. The van der Waals surface area contributed by atoms with Gasteiger partial charge in [0.05, 0.1) is 5.57 Å². The third-order valence-corrected chi connectivity index (χ3v) is 2.92. The van der Waals surface area contributed by atoms with E-state index < -0.39 is 0 Å². The highest BCUT2D eigenvalue weighted by Crippen LogP contribution is 2.32. The van der Waals surface area contributed by atoms with Crippen LogP contribution in [0.4, 0.5) is 10.1 Å². The van der Waals surface area contributed by atoms with E-state index in [1.807, 2.05) is 6.92 Å². The number of hydrogen-bond donors (Lipinski definition) is 2. The first kappa shape index (κ1) is 11.6. The molecule has 5 nitrogen and oxygen atoms in total. The molecule has 96 valence electrons. The van der Waals surface area contributed by atoms with Gasteiger partial charge in [0, 0.05) is 17.7 Å². The number of aromatic amines is 1. The van der Waals surface area contributed by atoms with E-state index in [0.29, 0.717) is 22.6 Å². The predicted octanol–water partition coefficient (Wildman–Crippen LogP) is 2.00. The maximum atomic E-state index is 13.3. The molecule has 1 aromatic carbocycles. The molecule has 2 N–H and O–H groups in total. The second-order valence-corrected chi connectivity index (χ2v) is 4.20. The Hall–Kier alpha value is -2.50. The summed E-state index contributed by atoms with van der Waals surface area (Å²) in [5.74, 6) is 0.498. The zero-order valence-electron chi connectivity index (χ0n) is 10.2. The lowest BCUT2D eigenvalue weighted by Crippen LogP contribution is -2.03. The fourth-order valence-electron chi connectivity index (χ4n) is 1.97. The standard InChI is InChI=1S/C13H11FN4O/c1-2-11-16-12(18-17-11)6-9-8-5-7(14)3-4-10(8)15-13(9)19/h3-6H,2H2,1H3,(H,15,19)(H,16,17,18). The minimum absolute atomic E-state index is 0.275. The lowest BCUT2D eigenvalue weighted by molar-refractivity contribution is -0.110. The lowest BCUT2D eigenvalue weighted by atomic mass is 10.1. The third kappa shape index (κ3) is 2.01.